The molecule has 0 aromatic heterocycles. The molecule has 3 fully saturated rings. The summed E-state index contributed by atoms with van der Waals surface area (Å²) in [5, 5.41) is 42.2. The van der Waals surface area contributed by atoms with Gasteiger partial charge in [-0.3, -0.25) is 14.5 Å². The Morgan fingerprint density at radius 3 is 2.03 bits per heavy atom. The average molecular weight is 498 g/mol. The Bertz CT molecular complexity index is 816. The van der Waals surface area contributed by atoms with Crippen molar-refractivity contribution in [2.45, 2.75) is 69.4 Å². The SMILES string of the molecule is CCC1C(CO)OC(OC2C(CO)OC(OC)C(C)C2O)C(N2C(=O)C3C=CC=CC3C2=O)C1O. The van der Waals surface area contributed by atoms with Crippen molar-refractivity contribution in [1.29, 1.82) is 0 Å². The molecule has 3 heterocycles. The molecule has 0 spiro atoms. The Balaban J connectivity index is 1.67. The smallest absolute Gasteiger partial charge is 0.237 e. The minimum atomic E-state index is -1.38. The van der Waals surface area contributed by atoms with E-state index in [1.807, 2.05) is 6.92 Å². The van der Waals surface area contributed by atoms with E-state index in [9.17, 15) is 30.0 Å². The van der Waals surface area contributed by atoms with E-state index in [0.717, 1.165) is 4.90 Å². The van der Waals surface area contributed by atoms with E-state index in [1.54, 1.807) is 31.2 Å². The van der Waals surface area contributed by atoms with Crippen molar-refractivity contribution in [2.75, 3.05) is 20.3 Å². The minimum Gasteiger partial charge on any atom is -0.394 e. The molecule has 196 valence electrons. The van der Waals surface area contributed by atoms with Crippen LogP contribution in [0.2, 0.25) is 0 Å². The van der Waals surface area contributed by atoms with Crippen LogP contribution in [0.4, 0.5) is 0 Å². The van der Waals surface area contributed by atoms with Crippen LogP contribution >= 0.6 is 0 Å². The third kappa shape index (κ3) is 4.49. The van der Waals surface area contributed by atoms with Gasteiger partial charge in [-0.05, 0) is 6.42 Å². The standard InChI is InChI=1S/C24H35NO10/c1-4-12-15(9-26)33-24(35-20-16(10-27)34-23(32-3)11(2)18(20)28)17(19(12)29)25-21(30)13-7-5-6-8-14(13)22(25)31/h5-8,11-20,23-24,26-29H,4,9-10H2,1-3H3. The quantitative estimate of drug-likeness (QED) is 0.320. The highest BCUT2D eigenvalue weighted by molar-refractivity contribution is 6.07. The summed E-state index contributed by atoms with van der Waals surface area (Å²) in [7, 11) is 1.42. The molecule has 0 bridgehead atoms. The van der Waals surface area contributed by atoms with Crippen LogP contribution in [0.1, 0.15) is 20.3 Å². The van der Waals surface area contributed by atoms with Gasteiger partial charge in [-0.2, -0.15) is 0 Å². The fourth-order valence-electron chi connectivity index (χ4n) is 5.65. The Hall–Kier alpha value is -1.70. The molecule has 0 aromatic carbocycles. The fourth-order valence-corrected chi connectivity index (χ4v) is 5.65. The maximum Gasteiger partial charge on any atom is 0.237 e. The summed E-state index contributed by atoms with van der Waals surface area (Å²) in [5.41, 5.74) is 0. The van der Waals surface area contributed by atoms with E-state index in [1.165, 1.54) is 7.11 Å². The number of aliphatic hydroxyl groups excluding tert-OH is 4. The van der Waals surface area contributed by atoms with Gasteiger partial charge >= 0.3 is 0 Å². The second-order valence-corrected chi connectivity index (χ2v) is 9.56. The topological polar surface area (TPSA) is 155 Å². The van der Waals surface area contributed by atoms with Gasteiger partial charge in [0.2, 0.25) is 11.8 Å². The lowest BCUT2D eigenvalue weighted by Gasteiger charge is -2.49. The number of allylic oxidation sites excluding steroid dienone is 2. The molecule has 0 saturated carbocycles. The number of hydrogen-bond acceptors (Lipinski definition) is 10. The van der Waals surface area contributed by atoms with Crippen molar-refractivity contribution in [2.24, 2.45) is 23.7 Å². The van der Waals surface area contributed by atoms with E-state index in [4.69, 9.17) is 18.9 Å². The summed E-state index contributed by atoms with van der Waals surface area (Å²) in [6.07, 6.45) is -0.400. The monoisotopic (exact) mass is 497 g/mol. The average Bonchev–Trinajstić information content (AvgIpc) is 3.12. The largest absolute Gasteiger partial charge is 0.394 e. The number of likely N-dealkylation sites (tertiary alicyclic amines) is 1. The molecule has 3 saturated heterocycles. The van der Waals surface area contributed by atoms with E-state index < -0.39 is 97.8 Å². The zero-order chi connectivity index (χ0) is 25.4. The van der Waals surface area contributed by atoms with E-state index >= 15 is 0 Å². The molecule has 0 radical (unpaired) electrons. The van der Waals surface area contributed by atoms with E-state index in [-0.39, 0.29) is 0 Å². The van der Waals surface area contributed by atoms with Crippen molar-refractivity contribution in [3.05, 3.63) is 24.3 Å². The minimum absolute atomic E-state index is 0.416. The van der Waals surface area contributed by atoms with Crippen molar-refractivity contribution in [3.8, 4) is 0 Å². The fraction of sp³-hybridized carbons (Fsp3) is 0.750. The van der Waals surface area contributed by atoms with Gasteiger partial charge in [0, 0.05) is 18.9 Å². The van der Waals surface area contributed by atoms with Crippen molar-refractivity contribution in [3.63, 3.8) is 0 Å². The number of ether oxygens (including phenoxy) is 4. The number of carbonyl (C=O) groups excluding carboxylic acids is 2. The van der Waals surface area contributed by atoms with Crippen molar-refractivity contribution >= 4 is 11.8 Å². The molecular formula is C24H35NO10. The maximum absolute atomic E-state index is 13.3. The maximum atomic E-state index is 13.3. The molecule has 35 heavy (non-hydrogen) atoms. The van der Waals surface area contributed by atoms with E-state index in [2.05, 4.69) is 0 Å². The zero-order valence-corrected chi connectivity index (χ0v) is 20.0. The molecule has 1 aliphatic carbocycles. The van der Waals surface area contributed by atoms with Crippen LogP contribution in [0.3, 0.4) is 0 Å². The van der Waals surface area contributed by atoms with Crippen LogP contribution in [0.25, 0.3) is 0 Å². The first-order valence-electron chi connectivity index (χ1n) is 12.1. The highest BCUT2D eigenvalue weighted by atomic mass is 16.7. The first-order valence-corrected chi connectivity index (χ1v) is 12.1. The molecule has 12 atom stereocenters. The molecule has 12 unspecified atom stereocenters. The lowest BCUT2D eigenvalue weighted by Crippen LogP contribution is -2.66. The summed E-state index contributed by atoms with van der Waals surface area (Å²) in [6, 6.07) is -1.22. The second-order valence-electron chi connectivity index (χ2n) is 9.56. The van der Waals surface area contributed by atoms with Crippen LogP contribution in [0.15, 0.2) is 24.3 Å². The third-order valence-electron chi connectivity index (χ3n) is 7.67. The zero-order valence-electron chi connectivity index (χ0n) is 20.0. The lowest BCUT2D eigenvalue weighted by atomic mass is 9.85. The van der Waals surface area contributed by atoms with Gasteiger partial charge < -0.3 is 39.4 Å². The van der Waals surface area contributed by atoms with Gasteiger partial charge in [0.1, 0.15) is 18.2 Å². The number of aliphatic hydroxyl groups is 4. The number of hydrogen-bond donors (Lipinski definition) is 4. The number of methoxy groups -OCH3 is 1. The van der Waals surface area contributed by atoms with Gasteiger partial charge in [-0.15, -0.1) is 0 Å². The number of rotatable bonds is 7. The van der Waals surface area contributed by atoms with Crippen LogP contribution in [-0.2, 0) is 28.5 Å². The molecule has 3 aliphatic heterocycles. The van der Waals surface area contributed by atoms with Crippen LogP contribution in [0.5, 0.6) is 0 Å². The summed E-state index contributed by atoms with van der Waals surface area (Å²) >= 11 is 0. The van der Waals surface area contributed by atoms with Gasteiger partial charge in [-0.1, -0.05) is 38.2 Å². The van der Waals surface area contributed by atoms with Crippen molar-refractivity contribution in [1.82, 2.24) is 4.90 Å². The Morgan fingerprint density at radius 1 is 0.943 bits per heavy atom. The summed E-state index contributed by atoms with van der Waals surface area (Å²) in [4.78, 5) is 27.6. The predicted octanol–water partition coefficient (Wildman–Crippen LogP) is -1.07. The van der Waals surface area contributed by atoms with Gasteiger partial charge in [0.05, 0.1) is 43.4 Å². The van der Waals surface area contributed by atoms with Crippen LogP contribution in [0, 0.1) is 23.7 Å². The van der Waals surface area contributed by atoms with Crippen molar-refractivity contribution < 1.29 is 49.0 Å². The predicted molar refractivity (Wildman–Crippen MR) is 119 cm³/mol. The van der Waals surface area contributed by atoms with Gasteiger partial charge in [0.25, 0.3) is 0 Å². The van der Waals surface area contributed by atoms with Crippen LogP contribution in [-0.4, -0.2) is 107 Å². The van der Waals surface area contributed by atoms with Gasteiger partial charge in [0.15, 0.2) is 12.6 Å². The normalized spacial score (nSPS) is 45.7. The first-order chi connectivity index (χ1) is 16.8. The van der Waals surface area contributed by atoms with Gasteiger partial charge in [-0.25, -0.2) is 0 Å². The Labute approximate surface area is 203 Å². The highest BCUT2D eigenvalue weighted by Crippen LogP contribution is 2.40. The van der Waals surface area contributed by atoms with E-state index in [0.29, 0.717) is 6.42 Å². The molecular weight excluding hydrogens is 462 g/mol. The molecule has 11 heteroatoms. The number of nitrogens with zero attached hydrogens (tertiary/aromatic N) is 1. The summed E-state index contributed by atoms with van der Waals surface area (Å²) < 4.78 is 23.1. The molecule has 4 N–H and O–H groups in total. The number of carbonyl (C=O) groups is 2. The summed E-state index contributed by atoms with van der Waals surface area (Å²) in [5.74, 6) is -3.45. The number of amides is 2. The van der Waals surface area contributed by atoms with Crippen LogP contribution < -0.4 is 0 Å². The second kappa shape index (κ2) is 10.7. The molecule has 4 rings (SSSR count). The molecule has 4 aliphatic rings. The Morgan fingerprint density at radius 2 is 1.51 bits per heavy atom. The first kappa shape index (κ1) is 26.4. The molecule has 11 nitrogen and oxygen atoms in total. The molecule has 2 amide bonds. The third-order valence-corrected chi connectivity index (χ3v) is 7.67. The Kier molecular flexibility index (Phi) is 8.08. The molecule has 0 aromatic rings. The highest BCUT2D eigenvalue weighted by Gasteiger charge is 2.57. The lowest BCUT2D eigenvalue weighted by molar-refractivity contribution is -0.337. The number of imide groups is 1. The summed E-state index contributed by atoms with van der Waals surface area (Å²) in [6.45, 7) is 2.58. The number of fused-ring (bicyclic) bond motifs is 1.